The summed E-state index contributed by atoms with van der Waals surface area (Å²) in [7, 11) is 0. The molecule has 0 bridgehead atoms. The van der Waals surface area contributed by atoms with Crippen LogP contribution in [0, 0.1) is 6.92 Å². The Bertz CT molecular complexity index is 347. The largest absolute Gasteiger partial charge is 0.374 e. The zero-order valence-electron chi connectivity index (χ0n) is 9.05. The third-order valence-corrected chi connectivity index (χ3v) is 2.51. The van der Waals surface area contributed by atoms with Crippen LogP contribution in [0.15, 0.2) is 18.2 Å². The van der Waals surface area contributed by atoms with Crippen LogP contribution < -0.4 is 0 Å². The van der Waals surface area contributed by atoms with Crippen molar-refractivity contribution in [1.82, 2.24) is 0 Å². The van der Waals surface area contributed by atoms with Crippen LogP contribution in [0.1, 0.15) is 18.1 Å². The first-order valence-electron chi connectivity index (χ1n) is 4.98. The average molecular weight is 227 g/mol. The van der Waals surface area contributed by atoms with Crippen LogP contribution in [0.3, 0.4) is 0 Å². The molecule has 0 unspecified atom stereocenters. The molecule has 2 nitrogen and oxygen atoms in total. The standard InChI is InChI=1S/C12H15ClO2/c1-3-15-8-11(14)7-10-4-5-12(13)9(2)6-10/h4-6H,3,7-8H2,1-2H3. The summed E-state index contributed by atoms with van der Waals surface area (Å²) < 4.78 is 5.05. The summed E-state index contributed by atoms with van der Waals surface area (Å²) in [6.45, 7) is 4.57. The first-order chi connectivity index (χ1) is 7.13. The average Bonchev–Trinajstić information content (AvgIpc) is 2.20. The highest BCUT2D eigenvalue weighted by Crippen LogP contribution is 2.16. The Kier molecular flexibility index (Phi) is 4.79. The predicted octanol–water partition coefficient (Wildman–Crippen LogP) is 2.80. The van der Waals surface area contributed by atoms with E-state index in [-0.39, 0.29) is 12.4 Å². The zero-order chi connectivity index (χ0) is 11.3. The number of aryl methyl sites for hydroxylation is 1. The van der Waals surface area contributed by atoms with E-state index in [0.29, 0.717) is 13.0 Å². The summed E-state index contributed by atoms with van der Waals surface area (Å²) in [5.41, 5.74) is 1.99. The SMILES string of the molecule is CCOCC(=O)Cc1ccc(Cl)c(C)c1. The van der Waals surface area contributed by atoms with Crippen molar-refractivity contribution in [1.29, 1.82) is 0 Å². The molecule has 0 heterocycles. The third-order valence-electron chi connectivity index (χ3n) is 2.09. The smallest absolute Gasteiger partial charge is 0.162 e. The highest BCUT2D eigenvalue weighted by atomic mass is 35.5. The Morgan fingerprint density at radius 2 is 2.20 bits per heavy atom. The van der Waals surface area contributed by atoms with E-state index < -0.39 is 0 Å². The number of ketones is 1. The molecule has 0 saturated carbocycles. The monoisotopic (exact) mass is 226 g/mol. The van der Waals surface area contributed by atoms with Gasteiger partial charge in [-0.25, -0.2) is 0 Å². The van der Waals surface area contributed by atoms with Gasteiger partial charge in [0.1, 0.15) is 6.61 Å². The minimum atomic E-state index is 0.0959. The minimum Gasteiger partial charge on any atom is -0.374 e. The van der Waals surface area contributed by atoms with Gasteiger partial charge in [-0.3, -0.25) is 4.79 Å². The molecular formula is C12H15ClO2. The zero-order valence-corrected chi connectivity index (χ0v) is 9.80. The van der Waals surface area contributed by atoms with Crippen LogP contribution in [0.25, 0.3) is 0 Å². The molecule has 1 rings (SSSR count). The highest BCUT2D eigenvalue weighted by Gasteiger charge is 2.04. The summed E-state index contributed by atoms with van der Waals surface area (Å²) in [5, 5.41) is 0.732. The minimum absolute atomic E-state index is 0.0959. The number of carbonyl (C=O) groups is 1. The fraction of sp³-hybridized carbons (Fsp3) is 0.417. The fourth-order valence-electron chi connectivity index (χ4n) is 1.31. The Balaban J connectivity index is 2.57. The van der Waals surface area contributed by atoms with E-state index in [9.17, 15) is 4.79 Å². The Morgan fingerprint density at radius 3 is 2.80 bits per heavy atom. The number of carbonyl (C=O) groups excluding carboxylic acids is 1. The Morgan fingerprint density at radius 1 is 1.47 bits per heavy atom. The van der Waals surface area contributed by atoms with E-state index in [1.54, 1.807) is 0 Å². The van der Waals surface area contributed by atoms with Gasteiger partial charge in [0.2, 0.25) is 0 Å². The maximum absolute atomic E-state index is 11.4. The maximum Gasteiger partial charge on any atom is 0.162 e. The summed E-state index contributed by atoms with van der Waals surface area (Å²) in [4.78, 5) is 11.4. The molecular weight excluding hydrogens is 212 g/mol. The van der Waals surface area contributed by atoms with Gasteiger partial charge in [0.25, 0.3) is 0 Å². The number of hydrogen-bond donors (Lipinski definition) is 0. The van der Waals surface area contributed by atoms with Gasteiger partial charge in [-0.05, 0) is 31.0 Å². The molecule has 1 aromatic carbocycles. The molecule has 0 atom stereocenters. The first-order valence-corrected chi connectivity index (χ1v) is 5.35. The second-order valence-corrected chi connectivity index (χ2v) is 3.84. The number of ether oxygens (including phenoxy) is 1. The van der Waals surface area contributed by atoms with Gasteiger partial charge in [-0.2, -0.15) is 0 Å². The lowest BCUT2D eigenvalue weighted by Gasteiger charge is -2.04. The molecule has 0 amide bonds. The van der Waals surface area contributed by atoms with E-state index in [1.807, 2.05) is 32.0 Å². The van der Waals surface area contributed by atoms with Crippen LogP contribution in [-0.4, -0.2) is 19.0 Å². The first kappa shape index (κ1) is 12.2. The predicted molar refractivity (Wildman–Crippen MR) is 61.4 cm³/mol. The quantitative estimate of drug-likeness (QED) is 0.772. The molecule has 0 fully saturated rings. The molecule has 0 saturated heterocycles. The molecule has 0 aliphatic rings. The third kappa shape index (κ3) is 4.02. The molecule has 0 N–H and O–H groups in total. The normalized spacial score (nSPS) is 10.3. The van der Waals surface area contributed by atoms with E-state index in [2.05, 4.69) is 0 Å². The van der Waals surface area contributed by atoms with Crippen LogP contribution in [0.4, 0.5) is 0 Å². The molecule has 3 heteroatoms. The fourth-order valence-corrected chi connectivity index (χ4v) is 1.43. The summed E-state index contributed by atoms with van der Waals surface area (Å²) in [5.74, 6) is 0.0959. The van der Waals surface area contributed by atoms with E-state index in [4.69, 9.17) is 16.3 Å². The second-order valence-electron chi connectivity index (χ2n) is 3.44. The molecule has 15 heavy (non-hydrogen) atoms. The molecule has 82 valence electrons. The topological polar surface area (TPSA) is 26.3 Å². The van der Waals surface area contributed by atoms with Crippen molar-refractivity contribution in [2.45, 2.75) is 20.3 Å². The number of hydrogen-bond acceptors (Lipinski definition) is 2. The molecule has 0 aliphatic carbocycles. The lowest BCUT2D eigenvalue weighted by atomic mass is 10.1. The lowest BCUT2D eigenvalue weighted by Crippen LogP contribution is -2.11. The summed E-state index contributed by atoms with van der Waals surface area (Å²) in [6, 6.07) is 5.63. The van der Waals surface area contributed by atoms with E-state index >= 15 is 0 Å². The number of rotatable bonds is 5. The van der Waals surface area contributed by atoms with Crippen molar-refractivity contribution in [3.8, 4) is 0 Å². The molecule has 0 aliphatic heterocycles. The Labute approximate surface area is 95.2 Å². The van der Waals surface area contributed by atoms with Crippen LogP contribution in [0.2, 0.25) is 5.02 Å². The van der Waals surface area contributed by atoms with Crippen molar-refractivity contribution in [3.05, 3.63) is 34.3 Å². The van der Waals surface area contributed by atoms with Gasteiger partial charge in [0.05, 0.1) is 0 Å². The van der Waals surface area contributed by atoms with Crippen molar-refractivity contribution in [2.24, 2.45) is 0 Å². The summed E-state index contributed by atoms with van der Waals surface area (Å²) >= 11 is 5.89. The molecule has 1 aromatic rings. The van der Waals surface area contributed by atoms with Gasteiger partial charge in [0, 0.05) is 18.1 Å². The second kappa shape index (κ2) is 5.89. The van der Waals surface area contributed by atoms with Crippen molar-refractivity contribution in [3.63, 3.8) is 0 Å². The van der Waals surface area contributed by atoms with Gasteiger partial charge in [-0.15, -0.1) is 0 Å². The molecule has 0 radical (unpaired) electrons. The number of benzene rings is 1. The lowest BCUT2D eigenvalue weighted by molar-refractivity contribution is -0.122. The van der Waals surface area contributed by atoms with Gasteiger partial charge < -0.3 is 4.74 Å². The van der Waals surface area contributed by atoms with Crippen LogP contribution in [-0.2, 0) is 16.0 Å². The van der Waals surface area contributed by atoms with Crippen LogP contribution >= 0.6 is 11.6 Å². The van der Waals surface area contributed by atoms with Crippen molar-refractivity contribution in [2.75, 3.05) is 13.2 Å². The molecule has 0 spiro atoms. The van der Waals surface area contributed by atoms with Gasteiger partial charge in [0.15, 0.2) is 5.78 Å². The molecule has 0 aromatic heterocycles. The van der Waals surface area contributed by atoms with Gasteiger partial charge in [-0.1, -0.05) is 23.7 Å². The Hall–Kier alpha value is -0.860. The van der Waals surface area contributed by atoms with Gasteiger partial charge >= 0.3 is 0 Å². The van der Waals surface area contributed by atoms with E-state index in [0.717, 1.165) is 16.1 Å². The number of Topliss-reactive ketones (excluding diaryl/α,β-unsaturated/α-hetero) is 1. The highest BCUT2D eigenvalue weighted by molar-refractivity contribution is 6.31. The number of halogens is 1. The van der Waals surface area contributed by atoms with Crippen molar-refractivity contribution >= 4 is 17.4 Å². The summed E-state index contributed by atoms with van der Waals surface area (Å²) in [6.07, 6.45) is 0.415. The van der Waals surface area contributed by atoms with Crippen LogP contribution in [0.5, 0.6) is 0 Å². The van der Waals surface area contributed by atoms with E-state index in [1.165, 1.54) is 0 Å². The van der Waals surface area contributed by atoms with Crippen molar-refractivity contribution < 1.29 is 9.53 Å². The maximum atomic E-state index is 11.4.